The lowest BCUT2D eigenvalue weighted by molar-refractivity contribution is -0.113. The molecule has 3 heterocycles. The van der Waals surface area contributed by atoms with E-state index in [1.54, 1.807) is 10.6 Å². The zero-order valence-electron chi connectivity index (χ0n) is 14.9. The fraction of sp³-hybridized carbons (Fsp3) is 0.412. The monoisotopic (exact) mass is 391 g/mol. The second kappa shape index (κ2) is 8.05. The van der Waals surface area contributed by atoms with Crippen LogP contribution in [-0.2, 0) is 11.3 Å². The molecule has 3 rings (SSSR count). The molecular formula is C17H21N5O2S2. The average molecular weight is 392 g/mol. The first-order valence-electron chi connectivity index (χ1n) is 8.36. The summed E-state index contributed by atoms with van der Waals surface area (Å²) >= 11 is 2.68. The maximum Gasteiger partial charge on any atom is 0.272 e. The maximum absolute atomic E-state index is 12.8. The molecular weight excluding hydrogens is 370 g/mol. The molecule has 9 heteroatoms. The zero-order chi connectivity index (χ0) is 18.7. The number of fused-ring (bicyclic) bond motifs is 1. The second-order valence-electron chi connectivity index (χ2n) is 6.44. The van der Waals surface area contributed by atoms with E-state index in [2.05, 4.69) is 34.3 Å². The van der Waals surface area contributed by atoms with Crippen molar-refractivity contribution in [1.82, 2.24) is 19.7 Å². The minimum absolute atomic E-state index is 0.0310. The second-order valence-corrected chi connectivity index (χ2v) is 8.30. The van der Waals surface area contributed by atoms with Crippen molar-refractivity contribution in [3.8, 4) is 0 Å². The van der Waals surface area contributed by atoms with Crippen molar-refractivity contribution in [3.63, 3.8) is 0 Å². The number of carbonyl (C=O) groups is 1. The van der Waals surface area contributed by atoms with Gasteiger partial charge in [-0.25, -0.2) is 4.98 Å². The van der Waals surface area contributed by atoms with E-state index >= 15 is 0 Å². The maximum atomic E-state index is 12.8. The number of aryl methyl sites for hydroxylation is 1. The molecule has 0 saturated carbocycles. The third-order valence-corrected chi connectivity index (χ3v) is 5.63. The Kier molecular flexibility index (Phi) is 5.77. The van der Waals surface area contributed by atoms with Crippen molar-refractivity contribution in [2.45, 2.75) is 38.9 Å². The van der Waals surface area contributed by atoms with Crippen LogP contribution in [0.2, 0.25) is 0 Å². The number of amides is 1. The average Bonchev–Trinajstić information content (AvgIpc) is 3.21. The topological polar surface area (TPSA) is 92.7 Å². The first-order valence-corrected chi connectivity index (χ1v) is 10.2. The number of thioether (sulfide) groups is 1. The van der Waals surface area contributed by atoms with Gasteiger partial charge in [0.25, 0.3) is 5.56 Å². The van der Waals surface area contributed by atoms with Crippen LogP contribution in [0.5, 0.6) is 0 Å². The fourth-order valence-corrected chi connectivity index (χ4v) is 4.01. The van der Waals surface area contributed by atoms with E-state index < -0.39 is 0 Å². The van der Waals surface area contributed by atoms with E-state index in [4.69, 9.17) is 0 Å². The predicted octanol–water partition coefficient (Wildman–Crippen LogP) is 3.27. The molecule has 0 aliphatic carbocycles. The highest BCUT2D eigenvalue weighted by molar-refractivity contribution is 7.99. The van der Waals surface area contributed by atoms with Gasteiger partial charge in [-0.15, -0.1) is 11.3 Å². The molecule has 0 atom stereocenters. The smallest absolute Gasteiger partial charge is 0.272 e. The Morgan fingerprint density at radius 1 is 1.46 bits per heavy atom. The minimum atomic E-state index is -0.184. The summed E-state index contributed by atoms with van der Waals surface area (Å²) in [5.74, 6) is 0.948. The van der Waals surface area contributed by atoms with Crippen LogP contribution in [0.25, 0.3) is 10.2 Å². The minimum Gasteiger partial charge on any atom is -0.308 e. The Morgan fingerprint density at radius 3 is 2.96 bits per heavy atom. The number of rotatable bonds is 7. The molecule has 0 bridgehead atoms. The normalized spacial score (nSPS) is 11.4. The van der Waals surface area contributed by atoms with Crippen molar-refractivity contribution in [2.24, 2.45) is 5.92 Å². The number of anilines is 1. The number of hydrogen-bond acceptors (Lipinski definition) is 6. The Hall–Kier alpha value is -2.13. The summed E-state index contributed by atoms with van der Waals surface area (Å²) in [6, 6.07) is 3.60. The van der Waals surface area contributed by atoms with Crippen molar-refractivity contribution in [3.05, 3.63) is 33.6 Å². The summed E-state index contributed by atoms with van der Waals surface area (Å²) in [6.07, 6.45) is 0.880. The van der Waals surface area contributed by atoms with Crippen LogP contribution in [-0.4, -0.2) is 31.4 Å². The fourth-order valence-electron chi connectivity index (χ4n) is 2.41. The molecule has 0 fully saturated rings. The van der Waals surface area contributed by atoms with Crippen LogP contribution in [0.3, 0.4) is 0 Å². The van der Waals surface area contributed by atoms with Gasteiger partial charge in [0.15, 0.2) is 11.0 Å². The van der Waals surface area contributed by atoms with E-state index in [1.807, 2.05) is 18.4 Å². The highest BCUT2D eigenvalue weighted by Gasteiger charge is 2.15. The largest absolute Gasteiger partial charge is 0.308 e. The summed E-state index contributed by atoms with van der Waals surface area (Å²) in [5, 5.41) is 12.0. The van der Waals surface area contributed by atoms with Gasteiger partial charge in [-0.2, -0.15) is 5.10 Å². The zero-order valence-corrected chi connectivity index (χ0v) is 16.5. The molecule has 0 aliphatic rings. The Morgan fingerprint density at radius 2 is 2.27 bits per heavy atom. The number of H-pyrrole nitrogens is 1. The first-order chi connectivity index (χ1) is 12.4. The molecule has 1 amide bonds. The van der Waals surface area contributed by atoms with Gasteiger partial charge in [0.05, 0.1) is 11.3 Å². The van der Waals surface area contributed by atoms with Gasteiger partial charge in [0.1, 0.15) is 4.70 Å². The summed E-state index contributed by atoms with van der Waals surface area (Å²) < 4.78 is 2.35. The molecule has 0 unspecified atom stereocenters. The van der Waals surface area contributed by atoms with E-state index in [9.17, 15) is 9.59 Å². The number of thiophene rings is 1. The number of hydrogen-bond donors (Lipinski definition) is 2. The van der Waals surface area contributed by atoms with Gasteiger partial charge in [-0.05, 0) is 30.7 Å². The van der Waals surface area contributed by atoms with Gasteiger partial charge < -0.3 is 5.32 Å². The van der Waals surface area contributed by atoms with Crippen LogP contribution in [0.15, 0.2) is 27.5 Å². The summed E-state index contributed by atoms with van der Waals surface area (Å²) in [7, 11) is 0. The van der Waals surface area contributed by atoms with Crippen LogP contribution >= 0.6 is 23.1 Å². The van der Waals surface area contributed by atoms with E-state index in [-0.39, 0.29) is 17.2 Å². The molecule has 0 aromatic carbocycles. The van der Waals surface area contributed by atoms with Gasteiger partial charge in [0, 0.05) is 18.3 Å². The van der Waals surface area contributed by atoms with Crippen molar-refractivity contribution < 1.29 is 4.79 Å². The van der Waals surface area contributed by atoms with Gasteiger partial charge in [0.2, 0.25) is 5.91 Å². The number of aromatic amines is 1. The molecule has 26 heavy (non-hydrogen) atoms. The number of carbonyl (C=O) groups excluding carboxylic acids is 1. The van der Waals surface area contributed by atoms with E-state index in [1.165, 1.54) is 23.1 Å². The molecule has 0 radical (unpaired) electrons. The van der Waals surface area contributed by atoms with Crippen LogP contribution in [0.1, 0.15) is 26.0 Å². The van der Waals surface area contributed by atoms with Gasteiger partial charge in [-0.1, -0.05) is 25.6 Å². The number of nitrogens with one attached hydrogen (secondary N) is 2. The molecule has 138 valence electrons. The van der Waals surface area contributed by atoms with Crippen LogP contribution in [0.4, 0.5) is 5.82 Å². The van der Waals surface area contributed by atoms with Crippen molar-refractivity contribution in [1.29, 1.82) is 0 Å². The summed E-state index contributed by atoms with van der Waals surface area (Å²) in [5.41, 5.74) is 1.53. The molecule has 0 aliphatic heterocycles. The highest BCUT2D eigenvalue weighted by Crippen LogP contribution is 2.22. The number of nitrogens with zero attached hydrogens (tertiary/aromatic N) is 3. The van der Waals surface area contributed by atoms with Crippen LogP contribution in [0, 0.1) is 12.8 Å². The van der Waals surface area contributed by atoms with E-state index in [0.29, 0.717) is 33.7 Å². The van der Waals surface area contributed by atoms with Crippen LogP contribution < -0.4 is 10.9 Å². The first kappa shape index (κ1) is 18.7. The third kappa shape index (κ3) is 4.34. The molecule has 7 nitrogen and oxygen atoms in total. The van der Waals surface area contributed by atoms with Gasteiger partial charge in [-0.3, -0.25) is 19.3 Å². The standard InChI is InChI=1S/C17H21N5O2S2/c1-10(2)4-6-22-16(24)15-12(5-7-25-15)18-17(22)26-9-14(23)19-13-8-11(3)20-21-13/h5,7-8,10H,4,6,9H2,1-3H3,(H2,19,20,21,23). The lowest BCUT2D eigenvalue weighted by Gasteiger charge is -2.13. The molecule has 0 spiro atoms. The Balaban J connectivity index is 1.77. The lowest BCUT2D eigenvalue weighted by atomic mass is 10.1. The summed E-state index contributed by atoms with van der Waals surface area (Å²) in [6.45, 7) is 6.70. The Labute approximate surface area is 159 Å². The SMILES string of the molecule is Cc1cc(NC(=O)CSc2nc3ccsc3c(=O)n2CCC(C)C)n[nH]1. The number of aromatic nitrogens is 4. The van der Waals surface area contributed by atoms with E-state index in [0.717, 1.165) is 12.1 Å². The molecule has 3 aromatic rings. The third-order valence-electron chi connectivity index (χ3n) is 3.77. The lowest BCUT2D eigenvalue weighted by Crippen LogP contribution is -2.24. The molecule has 2 N–H and O–H groups in total. The predicted molar refractivity (Wildman–Crippen MR) is 106 cm³/mol. The van der Waals surface area contributed by atoms with Gasteiger partial charge >= 0.3 is 0 Å². The van der Waals surface area contributed by atoms with Crippen molar-refractivity contribution >= 4 is 45.0 Å². The Bertz CT molecular complexity index is 973. The van der Waals surface area contributed by atoms with Crippen molar-refractivity contribution in [2.75, 3.05) is 11.1 Å². The highest BCUT2D eigenvalue weighted by atomic mass is 32.2. The molecule has 0 saturated heterocycles. The molecule has 3 aromatic heterocycles. The summed E-state index contributed by atoms with van der Waals surface area (Å²) in [4.78, 5) is 29.5. The quantitative estimate of drug-likeness (QED) is 0.476.